The van der Waals surface area contributed by atoms with Crippen molar-refractivity contribution >= 4 is 11.7 Å². The number of carbonyl (C=O) groups excluding carboxylic acids is 1. The summed E-state index contributed by atoms with van der Waals surface area (Å²) in [5.41, 5.74) is 2.27. The van der Waals surface area contributed by atoms with Crippen molar-refractivity contribution in [3.63, 3.8) is 0 Å². The highest BCUT2D eigenvalue weighted by Crippen LogP contribution is 2.13. The number of ether oxygens (including phenoxy) is 1. The van der Waals surface area contributed by atoms with E-state index in [1.54, 1.807) is 30.3 Å². The van der Waals surface area contributed by atoms with Crippen LogP contribution in [0.4, 0.5) is 10.1 Å². The van der Waals surface area contributed by atoms with E-state index in [4.69, 9.17) is 0 Å². The van der Waals surface area contributed by atoms with Crippen LogP contribution < -0.4 is 5.32 Å². The summed E-state index contributed by atoms with van der Waals surface area (Å²) in [5, 5.41) is 3.17. The molecule has 0 aliphatic rings. The molecule has 98 valence electrons. The van der Waals surface area contributed by atoms with E-state index < -0.39 is 0 Å². The molecule has 0 aromatic heterocycles. The molecule has 2 rings (SSSR count). The number of hydrogen-bond acceptors (Lipinski definition) is 3. The molecule has 0 spiro atoms. The van der Waals surface area contributed by atoms with Gasteiger partial charge >= 0.3 is 5.97 Å². The molecule has 3 nitrogen and oxygen atoms in total. The van der Waals surface area contributed by atoms with Crippen molar-refractivity contribution in [3.05, 3.63) is 65.5 Å². The smallest absolute Gasteiger partial charge is 0.337 e. The predicted molar refractivity (Wildman–Crippen MR) is 71.5 cm³/mol. The van der Waals surface area contributed by atoms with Gasteiger partial charge in [-0.25, -0.2) is 9.18 Å². The lowest BCUT2D eigenvalue weighted by Crippen LogP contribution is -2.03. The van der Waals surface area contributed by atoms with Crippen LogP contribution in [0.25, 0.3) is 0 Å². The number of esters is 1. The van der Waals surface area contributed by atoms with Crippen LogP contribution in [-0.4, -0.2) is 13.1 Å². The van der Waals surface area contributed by atoms with Gasteiger partial charge in [-0.05, 0) is 35.9 Å². The molecule has 4 heteroatoms. The van der Waals surface area contributed by atoms with Crippen LogP contribution in [-0.2, 0) is 11.3 Å². The van der Waals surface area contributed by atoms with Gasteiger partial charge in [-0.15, -0.1) is 0 Å². The minimum atomic E-state index is -0.370. The third kappa shape index (κ3) is 3.55. The number of rotatable bonds is 4. The summed E-state index contributed by atoms with van der Waals surface area (Å²) < 4.78 is 17.4. The fourth-order valence-corrected chi connectivity index (χ4v) is 1.68. The highest BCUT2D eigenvalue weighted by Gasteiger charge is 2.05. The third-order valence-electron chi connectivity index (χ3n) is 2.69. The molecular formula is C15H14FNO2. The Bertz CT molecular complexity index is 567. The van der Waals surface area contributed by atoms with E-state index in [0.29, 0.717) is 12.1 Å². The zero-order chi connectivity index (χ0) is 13.7. The first kappa shape index (κ1) is 13.1. The Balaban J connectivity index is 2.03. The standard InChI is InChI=1S/C15H14FNO2/c1-19-15(18)12-3-2-4-14(9-12)17-10-11-5-7-13(16)8-6-11/h2-9,17H,10H2,1H3. The van der Waals surface area contributed by atoms with Gasteiger partial charge in [0.2, 0.25) is 0 Å². The van der Waals surface area contributed by atoms with Crippen molar-refractivity contribution in [2.45, 2.75) is 6.54 Å². The lowest BCUT2D eigenvalue weighted by Gasteiger charge is -2.08. The second kappa shape index (κ2) is 6.00. The van der Waals surface area contributed by atoms with Crippen LogP contribution in [0.5, 0.6) is 0 Å². The summed E-state index contributed by atoms with van der Waals surface area (Å²) in [7, 11) is 1.35. The number of carbonyl (C=O) groups is 1. The van der Waals surface area contributed by atoms with Gasteiger partial charge in [-0.2, -0.15) is 0 Å². The average Bonchev–Trinajstić information content (AvgIpc) is 2.46. The average molecular weight is 259 g/mol. The second-order valence-corrected chi connectivity index (χ2v) is 4.05. The SMILES string of the molecule is COC(=O)c1cccc(NCc2ccc(F)cc2)c1. The molecule has 2 aromatic carbocycles. The molecule has 0 heterocycles. The van der Waals surface area contributed by atoms with E-state index in [2.05, 4.69) is 10.1 Å². The maximum atomic E-state index is 12.8. The van der Waals surface area contributed by atoms with Gasteiger partial charge in [0.1, 0.15) is 5.82 Å². The van der Waals surface area contributed by atoms with E-state index in [9.17, 15) is 9.18 Å². The van der Waals surface area contributed by atoms with Gasteiger partial charge in [0.15, 0.2) is 0 Å². The summed E-state index contributed by atoms with van der Waals surface area (Å²) in [5.74, 6) is -0.623. The van der Waals surface area contributed by atoms with Crippen LogP contribution in [0.3, 0.4) is 0 Å². The van der Waals surface area contributed by atoms with E-state index in [1.165, 1.54) is 19.2 Å². The van der Waals surface area contributed by atoms with Crippen molar-refractivity contribution < 1.29 is 13.9 Å². The van der Waals surface area contributed by atoms with Crippen molar-refractivity contribution in [1.29, 1.82) is 0 Å². The topological polar surface area (TPSA) is 38.3 Å². The van der Waals surface area contributed by atoms with Crippen LogP contribution in [0, 0.1) is 5.82 Å². The Morgan fingerprint density at radius 3 is 2.63 bits per heavy atom. The predicted octanol–water partition coefficient (Wildman–Crippen LogP) is 3.22. The lowest BCUT2D eigenvalue weighted by molar-refractivity contribution is 0.0601. The molecule has 0 aliphatic heterocycles. The van der Waals surface area contributed by atoms with E-state index in [1.807, 2.05) is 6.07 Å². The Kier molecular flexibility index (Phi) is 4.13. The lowest BCUT2D eigenvalue weighted by atomic mass is 10.2. The van der Waals surface area contributed by atoms with E-state index >= 15 is 0 Å². The second-order valence-electron chi connectivity index (χ2n) is 4.05. The van der Waals surface area contributed by atoms with E-state index in [-0.39, 0.29) is 11.8 Å². The van der Waals surface area contributed by atoms with Crippen LogP contribution in [0.2, 0.25) is 0 Å². The van der Waals surface area contributed by atoms with Gasteiger partial charge in [-0.3, -0.25) is 0 Å². The maximum Gasteiger partial charge on any atom is 0.337 e. The minimum absolute atomic E-state index is 0.253. The van der Waals surface area contributed by atoms with Crippen molar-refractivity contribution in [1.82, 2.24) is 0 Å². The molecule has 0 atom stereocenters. The molecule has 0 saturated carbocycles. The fraction of sp³-hybridized carbons (Fsp3) is 0.133. The summed E-state index contributed by atoms with van der Waals surface area (Å²) in [6, 6.07) is 13.3. The molecule has 0 fully saturated rings. The van der Waals surface area contributed by atoms with E-state index in [0.717, 1.165) is 11.3 Å². The summed E-state index contributed by atoms with van der Waals surface area (Å²) in [4.78, 5) is 11.4. The monoisotopic (exact) mass is 259 g/mol. The fourth-order valence-electron chi connectivity index (χ4n) is 1.68. The zero-order valence-electron chi connectivity index (χ0n) is 10.5. The first-order valence-electron chi connectivity index (χ1n) is 5.86. The first-order chi connectivity index (χ1) is 9.19. The highest BCUT2D eigenvalue weighted by atomic mass is 19.1. The third-order valence-corrected chi connectivity index (χ3v) is 2.69. The summed E-state index contributed by atoms with van der Waals surface area (Å²) >= 11 is 0. The van der Waals surface area contributed by atoms with Crippen LogP contribution >= 0.6 is 0 Å². The quantitative estimate of drug-likeness (QED) is 0.857. The minimum Gasteiger partial charge on any atom is -0.465 e. The van der Waals surface area contributed by atoms with Crippen LogP contribution in [0.15, 0.2) is 48.5 Å². The number of halogens is 1. The Hall–Kier alpha value is -2.36. The van der Waals surface area contributed by atoms with Gasteiger partial charge in [0.25, 0.3) is 0 Å². The molecule has 0 bridgehead atoms. The zero-order valence-corrected chi connectivity index (χ0v) is 10.5. The molecular weight excluding hydrogens is 245 g/mol. The molecule has 0 saturated heterocycles. The molecule has 2 aromatic rings. The summed E-state index contributed by atoms with van der Waals surface area (Å²) in [6.07, 6.45) is 0. The highest BCUT2D eigenvalue weighted by molar-refractivity contribution is 5.90. The molecule has 0 radical (unpaired) electrons. The Morgan fingerprint density at radius 2 is 1.95 bits per heavy atom. The number of hydrogen-bond donors (Lipinski definition) is 1. The maximum absolute atomic E-state index is 12.8. The number of anilines is 1. The molecule has 0 unspecified atom stereocenters. The Morgan fingerprint density at radius 1 is 1.21 bits per heavy atom. The van der Waals surface area contributed by atoms with Gasteiger partial charge in [-0.1, -0.05) is 18.2 Å². The van der Waals surface area contributed by atoms with Crippen molar-refractivity contribution in [2.75, 3.05) is 12.4 Å². The normalized spacial score (nSPS) is 10.0. The van der Waals surface area contributed by atoms with Gasteiger partial charge in [0.05, 0.1) is 12.7 Å². The first-order valence-corrected chi connectivity index (χ1v) is 5.86. The largest absolute Gasteiger partial charge is 0.465 e. The van der Waals surface area contributed by atoms with Gasteiger partial charge in [0, 0.05) is 12.2 Å². The molecule has 0 amide bonds. The number of nitrogens with one attached hydrogen (secondary N) is 1. The van der Waals surface area contributed by atoms with Crippen molar-refractivity contribution in [3.8, 4) is 0 Å². The molecule has 1 N–H and O–H groups in total. The van der Waals surface area contributed by atoms with Crippen molar-refractivity contribution in [2.24, 2.45) is 0 Å². The molecule has 0 aliphatic carbocycles. The summed E-state index contributed by atoms with van der Waals surface area (Å²) in [6.45, 7) is 0.560. The molecule has 19 heavy (non-hydrogen) atoms. The van der Waals surface area contributed by atoms with Crippen LogP contribution in [0.1, 0.15) is 15.9 Å². The van der Waals surface area contributed by atoms with Gasteiger partial charge < -0.3 is 10.1 Å². The number of benzene rings is 2. The Labute approximate surface area is 111 Å². The number of methoxy groups -OCH3 is 1.